The number of halogens is 2. The van der Waals surface area contributed by atoms with Crippen LogP contribution in [0.5, 0.6) is 0 Å². The first-order valence-corrected chi connectivity index (χ1v) is 5.02. The van der Waals surface area contributed by atoms with Crippen molar-refractivity contribution in [3.05, 3.63) is 21.7 Å². The Morgan fingerprint density at radius 2 is 1.92 bits per heavy atom. The van der Waals surface area contributed by atoms with Crippen molar-refractivity contribution in [3.63, 3.8) is 0 Å². The molecule has 0 bridgehead atoms. The zero-order valence-corrected chi connectivity index (χ0v) is 8.78. The summed E-state index contributed by atoms with van der Waals surface area (Å²) < 4.78 is 20.5. The molecule has 0 spiro atoms. The Bertz CT molecular complexity index is 439. The third-order valence-corrected chi connectivity index (χ3v) is 2.42. The molecule has 0 unspecified atom stereocenters. The summed E-state index contributed by atoms with van der Waals surface area (Å²) in [7, 11) is -2.34. The highest BCUT2D eigenvalue weighted by atomic mass is 35.5. The maximum absolute atomic E-state index is 10.3. The van der Waals surface area contributed by atoms with E-state index in [1.807, 2.05) is 0 Å². The summed E-state index contributed by atoms with van der Waals surface area (Å²) in [6.07, 6.45) is 0. The van der Waals surface area contributed by atoms with Gasteiger partial charge in [-0.3, -0.25) is 0 Å². The Kier molecular flexibility index (Phi) is 3.24. The summed E-state index contributed by atoms with van der Waals surface area (Å²) in [6.45, 7) is 1.61. The van der Waals surface area contributed by atoms with Crippen molar-refractivity contribution in [1.82, 2.24) is 9.97 Å². The zero-order valence-electron chi connectivity index (χ0n) is 6.45. The molecule has 0 aromatic carbocycles. The molecule has 0 saturated carbocycles. The third-order valence-electron chi connectivity index (χ3n) is 1.20. The number of hydrogen-bond acceptors (Lipinski definition) is 4. The number of nitrogens with zero attached hydrogens (tertiary/aromatic N) is 2. The number of aryl methyl sites for hydroxylation is 1. The highest BCUT2D eigenvalue weighted by Gasteiger charge is 2.05. The smallest absolute Gasteiger partial charge is 0.217 e. The molecular weight excluding hydrogens is 235 g/mol. The van der Waals surface area contributed by atoms with E-state index < -0.39 is 10.3 Å². The van der Waals surface area contributed by atoms with Crippen LogP contribution in [0.2, 0.25) is 10.2 Å². The van der Waals surface area contributed by atoms with Crippen molar-refractivity contribution >= 4 is 38.9 Å². The Morgan fingerprint density at radius 3 is 2.38 bits per heavy atom. The van der Waals surface area contributed by atoms with Gasteiger partial charge in [-0.15, -0.1) is 0 Å². The van der Waals surface area contributed by atoms with E-state index in [-0.39, 0.29) is 16.0 Å². The predicted octanol–water partition coefficient (Wildman–Crippen LogP) is 1.12. The molecule has 0 N–H and O–H groups in total. The molecule has 0 atom stereocenters. The van der Waals surface area contributed by atoms with Crippen LogP contribution in [0.1, 0.15) is 11.5 Å². The van der Waals surface area contributed by atoms with Crippen LogP contribution >= 0.6 is 23.2 Å². The first kappa shape index (κ1) is 10.4. The maximum Gasteiger partial charge on any atom is 0.217 e. The molecular formula is C6H4Cl2N2O2S. The lowest BCUT2D eigenvalue weighted by atomic mass is 10.4. The minimum Gasteiger partial charge on any atom is -0.231 e. The van der Waals surface area contributed by atoms with Gasteiger partial charge in [0.2, 0.25) is 10.3 Å². The molecule has 0 fully saturated rings. The molecule has 7 heteroatoms. The van der Waals surface area contributed by atoms with E-state index in [9.17, 15) is 8.42 Å². The van der Waals surface area contributed by atoms with E-state index >= 15 is 0 Å². The van der Waals surface area contributed by atoms with Gasteiger partial charge < -0.3 is 0 Å². The minimum absolute atomic E-state index is 0.0280. The molecule has 0 amide bonds. The molecule has 1 aromatic heterocycles. The zero-order chi connectivity index (χ0) is 10.0. The maximum atomic E-state index is 10.3. The van der Waals surface area contributed by atoms with Crippen LogP contribution in [0, 0.1) is 6.92 Å². The van der Waals surface area contributed by atoms with Crippen LogP contribution in [0.3, 0.4) is 0 Å². The van der Waals surface area contributed by atoms with Gasteiger partial charge in [0.1, 0.15) is 5.37 Å². The molecule has 1 heterocycles. The van der Waals surface area contributed by atoms with Gasteiger partial charge in [0.25, 0.3) is 0 Å². The quantitative estimate of drug-likeness (QED) is 0.544. The first-order chi connectivity index (χ1) is 6.00. The summed E-state index contributed by atoms with van der Waals surface area (Å²) in [4.78, 5) is 7.45. The highest BCUT2D eigenvalue weighted by Crippen LogP contribution is 2.21. The normalized spacial score (nSPS) is 9.77. The van der Waals surface area contributed by atoms with Crippen LogP contribution in [0.4, 0.5) is 0 Å². The van der Waals surface area contributed by atoms with Crippen molar-refractivity contribution in [2.75, 3.05) is 0 Å². The van der Waals surface area contributed by atoms with Crippen LogP contribution < -0.4 is 0 Å². The van der Waals surface area contributed by atoms with Crippen LogP contribution in [-0.4, -0.2) is 23.8 Å². The Morgan fingerprint density at radius 1 is 1.31 bits per heavy atom. The number of hydrogen-bond donors (Lipinski definition) is 0. The van der Waals surface area contributed by atoms with Gasteiger partial charge in [-0.25, -0.2) is 9.97 Å². The summed E-state index contributed by atoms with van der Waals surface area (Å²) >= 11 is 11.3. The molecule has 70 valence electrons. The molecule has 0 aliphatic carbocycles. The van der Waals surface area contributed by atoms with Gasteiger partial charge in [0, 0.05) is 0 Å². The fraction of sp³-hybridized carbons (Fsp3) is 0.167. The van der Waals surface area contributed by atoms with Crippen LogP contribution in [-0.2, 0) is 10.3 Å². The average molecular weight is 239 g/mol. The second-order valence-corrected chi connectivity index (χ2v) is 3.64. The molecule has 0 aliphatic heterocycles. The van der Waals surface area contributed by atoms with Gasteiger partial charge in [-0.2, -0.15) is 8.42 Å². The van der Waals surface area contributed by atoms with E-state index in [2.05, 4.69) is 9.97 Å². The van der Waals surface area contributed by atoms with E-state index in [4.69, 9.17) is 23.2 Å². The summed E-state index contributed by atoms with van der Waals surface area (Å²) in [5.74, 6) is 0.0280. The topological polar surface area (TPSA) is 59.9 Å². The standard InChI is InChI=1S/C6H4Cl2N2O2S/c1-3-5(7)6(8)10-4(9-3)2-13(11)12/h2H,1H3. The minimum atomic E-state index is -2.34. The molecule has 0 saturated heterocycles. The van der Waals surface area contributed by atoms with Crippen LogP contribution in [0.25, 0.3) is 0 Å². The largest absolute Gasteiger partial charge is 0.231 e. The second-order valence-electron chi connectivity index (χ2n) is 2.15. The molecule has 0 radical (unpaired) electrons. The van der Waals surface area contributed by atoms with E-state index in [0.29, 0.717) is 5.69 Å². The van der Waals surface area contributed by atoms with Crippen molar-refractivity contribution in [2.24, 2.45) is 0 Å². The third kappa shape index (κ3) is 2.65. The average Bonchev–Trinajstić information content (AvgIpc) is 1.98. The number of rotatable bonds is 1. The van der Waals surface area contributed by atoms with Gasteiger partial charge in [-0.05, 0) is 6.92 Å². The lowest BCUT2D eigenvalue weighted by Crippen LogP contribution is -1.97. The van der Waals surface area contributed by atoms with E-state index in [1.54, 1.807) is 6.92 Å². The summed E-state index contributed by atoms with van der Waals surface area (Å²) in [5.41, 5.74) is 0.443. The van der Waals surface area contributed by atoms with Gasteiger partial charge in [0.15, 0.2) is 11.0 Å². The monoisotopic (exact) mass is 238 g/mol. The van der Waals surface area contributed by atoms with Gasteiger partial charge >= 0.3 is 0 Å². The van der Waals surface area contributed by atoms with Crippen molar-refractivity contribution in [3.8, 4) is 0 Å². The molecule has 0 aliphatic rings. The Balaban J connectivity index is 3.37. The lowest BCUT2D eigenvalue weighted by molar-refractivity contribution is 0.627. The second kappa shape index (κ2) is 4.04. The summed E-state index contributed by atoms with van der Waals surface area (Å²) in [5, 5.41) is 1.14. The van der Waals surface area contributed by atoms with Crippen molar-refractivity contribution in [2.45, 2.75) is 6.92 Å². The first-order valence-electron chi connectivity index (χ1n) is 3.13. The predicted molar refractivity (Wildman–Crippen MR) is 50.9 cm³/mol. The van der Waals surface area contributed by atoms with Gasteiger partial charge in [0.05, 0.1) is 10.7 Å². The Hall–Kier alpha value is -0.650. The summed E-state index contributed by atoms with van der Waals surface area (Å²) in [6, 6.07) is 0. The SMILES string of the molecule is Cc1nc(C=S(=O)=O)nc(Cl)c1Cl. The molecule has 1 aromatic rings. The van der Waals surface area contributed by atoms with E-state index in [0.717, 1.165) is 5.37 Å². The van der Waals surface area contributed by atoms with E-state index in [1.165, 1.54) is 0 Å². The Labute approximate surface area is 86.1 Å². The lowest BCUT2D eigenvalue weighted by Gasteiger charge is -1.98. The molecule has 1 rings (SSSR count). The van der Waals surface area contributed by atoms with Crippen LogP contribution in [0.15, 0.2) is 0 Å². The fourth-order valence-corrected chi connectivity index (χ4v) is 1.27. The number of aromatic nitrogens is 2. The molecule has 4 nitrogen and oxygen atoms in total. The molecule has 13 heavy (non-hydrogen) atoms. The fourth-order valence-electron chi connectivity index (χ4n) is 0.684. The highest BCUT2D eigenvalue weighted by molar-refractivity contribution is 7.71. The van der Waals surface area contributed by atoms with Gasteiger partial charge in [-0.1, -0.05) is 23.2 Å². The van der Waals surface area contributed by atoms with Crippen molar-refractivity contribution < 1.29 is 8.42 Å². The van der Waals surface area contributed by atoms with Crippen molar-refractivity contribution in [1.29, 1.82) is 0 Å².